The highest BCUT2D eigenvalue weighted by molar-refractivity contribution is 5.73. The van der Waals surface area contributed by atoms with Crippen LogP contribution >= 0.6 is 0 Å². The molecule has 2 N–H and O–H groups in total. The van der Waals surface area contributed by atoms with Crippen LogP contribution < -0.4 is 10.6 Å². The van der Waals surface area contributed by atoms with Crippen LogP contribution in [0.15, 0.2) is 24.3 Å². The summed E-state index contributed by atoms with van der Waals surface area (Å²) in [5.74, 6) is -0.216. The zero-order chi connectivity index (χ0) is 17.2. The third-order valence-corrected chi connectivity index (χ3v) is 4.74. The van der Waals surface area contributed by atoms with Crippen molar-refractivity contribution in [2.75, 3.05) is 26.2 Å². The normalized spacial score (nSPS) is 18.3. The summed E-state index contributed by atoms with van der Waals surface area (Å²) in [4.78, 5) is 14.3. The average molecular weight is 335 g/mol. The second kappa shape index (κ2) is 10.3. The molecule has 1 aromatic rings. The summed E-state index contributed by atoms with van der Waals surface area (Å²) in [6.07, 6.45) is 6.58. The molecule has 1 unspecified atom stereocenters. The summed E-state index contributed by atoms with van der Waals surface area (Å²) in [7, 11) is 0. The third-order valence-electron chi connectivity index (χ3n) is 4.74. The van der Waals surface area contributed by atoms with E-state index in [1.54, 1.807) is 12.1 Å². The molecule has 4 nitrogen and oxygen atoms in total. The molecule has 1 fully saturated rings. The Kier molecular flexibility index (Phi) is 8.02. The summed E-state index contributed by atoms with van der Waals surface area (Å²) in [5.41, 5.74) is 0.633. The second-order valence-electron chi connectivity index (χ2n) is 6.61. The van der Waals surface area contributed by atoms with Crippen molar-refractivity contribution in [1.82, 2.24) is 15.5 Å². The number of piperidine rings is 1. The quantitative estimate of drug-likeness (QED) is 0.716. The fourth-order valence-electron chi connectivity index (χ4n) is 3.21. The number of hydrogen-bond donors (Lipinski definition) is 2. The Morgan fingerprint density at radius 3 is 2.79 bits per heavy atom. The van der Waals surface area contributed by atoms with Crippen LogP contribution in [0.1, 0.15) is 44.6 Å². The Labute approximate surface area is 144 Å². The molecule has 1 aliphatic heterocycles. The number of hydrogen-bond acceptors (Lipinski definition) is 2. The highest BCUT2D eigenvalue weighted by atomic mass is 19.1. The minimum absolute atomic E-state index is 0.169. The summed E-state index contributed by atoms with van der Waals surface area (Å²) in [5, 5.41) is 5.65. The topological polar surface area (TPSA) is 44.4 Å². The van der Waals surface area contributed by atoms with Gasteiger partial charge in [-0.3, -0.25) is 0 Å². The number of nitrogens with one attached hydrogen (secondary N) is 2. The minimum Gasteiger partial charge on any atom is -0.338 e. The monoisotopic (exact) mass is 335 g/mol. The van der Waals surface area contributed by atoms with Crippen LogP contribution in [0.2, 0.25) is 0 Å². The molecule has 0 spiro atoms. The van der Waals surface area contributed by atoms with E-state index in [0.29, 0.717) is 31.1 Å². The van der Waals surface area contributed by atoms with Gasteiger partial charge in [0.2, 0.25) is 0 Å². The Morgan fingerprint density at radius 2 is 2.00 bits per heavy atom. The van der Waals surface area contributed by atoms with Crippen LogP contribution in [0, 0.1) is 5.82 Å². The Bertz CT molecular complexity index is 509. The van der Waals surface area contributed by atoms with Crippen LogP contribution in [0.4, 0.5) is 9.18 Å². The molecule has 1 aliphatic rings. The predicted octanol–water partition coefficient (Wildman–Crippen LogP) is 3.32. The number of carbonyl (C=O) groups excluding carboxylic acids is 1. The minimum atomic E-state index is -0.216. The van der Waals surface area contributed by atoms with Gasteiger partial charge >= 0.3 is 6.03 Å². The molecular formula is C19H30FN3O. The smallest absolute Gasteiger partial charge is 0.314 e. The van der Waals surface area contributed by atoms with Crippen molar-refractivity contribution in [3.05, 3.63) is 35.6 Å². The zero-order valence-electron chi connectivity index (χ0n) is 14.7. The van der Waals surface area contributed by atoms with Gasteiger partial charge in [-0.15, -0.1) is 0 Å². The highest BCUT2D eigenvalue weighted by Crippen LogP contribution is 2.16. The highest BCUT2D eigenvalue weighted by Gasteiger charge is 2.16. The lowest BCUT2D eigenvalue weighted by atomic mass is 10.0. The molecule has 0 radical (unpaired) electrons. The van der Waals surface area contributed by atoms with Gasteiger partial charge in [-0.1, -0.05) is 24.6 Å². The first kappa shape index (κ1) is 18.7. The molecule has 134 valence electrons. The largest absolute Gasteiger partial charge is 0.338 e. The Morgan fingerprint density at radius 1 is 1.21 bits per heavy atom. The first-order valence-electron chi connectivity index (χ1n) is 9.16. The van der Waals surface area contributed by atoms with Crippen molar-refractivity contribution in [3.8, 4) is 0 Å². The molecule has 24 heavy (non-hydrogen) atoms. The first-order valence-corrected chi connectivity index (χ1v) is 9.16. The number of urea groups is 1. The first-order chi connectivity index (χ1) is 11.7. The molecule has 1 heterocycles. The van der Waals surface area contributed by atoms with Gasteiger partial charge in [-0.25, -0.2) is 9.18 Å². The van der Waals surface area contributed by atoms with E-state index in [1.165, 1.54) is 31.9 Å². The van der Waals surface area contributed by atoms with Gasteiger partial charge in [-0.2, -0.15) is 0 Å². The van der Waals surface area contributed by atoms with E-state index in [-0.39, 0.29) is 11.8 Å². The van der Waals surface area contributed by atoms with E-state index in [0.717, 1.165) is 19.4 Å². The van der Waals surface area contributed by atoms with Gasteiger partial charge in [0.05, 0.1) is 0 Å². The molecule has 1 atom stereocenters. The van der Waals surface area contributed by atoms with Crippen molar-refractivity contribution >= 4 is 6.03 Å². The molecule has 0 aliphatic carbocycles. The van der Waals surface area contributed by atoms with E-state index in [2.05, 4.69) is 22.5 Å². The van der Waals surface area contributed by atoms with Gasteiger partial charge in [-0.05, 0) is 63.7 Å². The molecule has 0 saturated carbocycles. The van der Waals surface area contributed by atoms with E-state index in [4.69, 9.17) is 0 Å². The van der Waals surface area contributed by atoms with Crippen molar-refractivity contribution in [1.29, 1.82) is 0 Å². The molecule has 0 aromatic heterocycles. The van der Waals surface area contributed by atoms with Gasteiger partial charge < -0.3 is 15.5 Å². The SMILES string of the molecule is CC1CCCCN1CCCCNC(=O)NCCc1ccccc1F. The molecule has 5 heteroatoms. The molecule has 1 saturated heterocycles. The molecular weight excluding hydrogens is 305 g/mol. The lowest BCUT2D eigenvalue weighted by molar-refractivity contribution is 0.158. The number of rotatable bonds is 8. The number of amides is 2. The van der Waals surface area contributed by atoms with E-state index >= 15 is 0 Å². The van der Waals surface area contributed by atoms with Crippen LogP contribution in [-0.4, -0.2) is 43.2 Å². The molecule has 1 aromatic carbocycles. The Balaban J connectivity index is 1.50. The molecule has 2 amide bonds. The predicted molar refractivity (Wildman–Crippen MR) is 95.6 cm³/mol. The van der Waals surface area contributed by atoms with Crippen molar-refractivity contribution in [2.24, 2.45) is 0 Å². The molecule has 0 bridgehead atoms. The second-order valence-corrected chi connectivity index (χ2v) is 6.61. The van der Waals surface area contributed by atoms with Crippen LogP contribution in [0.25, 0.3) is 0 Å². The van der Waals surface area contributed by atoms with Crippen molar-refractivity contribution in [2.45, 2.75) is 51.5 Å². The fourth-order valence-corrected chi connectivity index (χ4v) is 3.21. The van der Waals surface area contributed by atoms with Crippen molar-refractivity contribution < 1.29 is 9.18 Å². The van der Waals surface area contributed by atoms with Crippen LogP contribution in [0.5, 0.6) is 0 Å². The average Bonchev–Trinajstić information content (AvgIpc) is 2.58. The van der Waals surface area contributed by atoms with Crippen LogP contribution in [0.3, 0.4) is 0 Å². The molecule has 2 rings (SSSR count). The zero-order valence-corrected chi connectivity index (χ0v) is 14.7. The number of benzene rings is 1. The van der Waals surface area contributed by atoms with Gasteiger partial charge in [0, 0.05) is 19.1 Å². The van der Waals surface area contributed by atoms with E-state index in [1.807, 2.05) is 6.07 Å². The maximum atomic E-state index is 13.5. The lowest BCUT2D eigenvalue weighted by Gasteiger charge is -2.33. The maximum Gasteiger partial charge on any atom is 0.314 e. The van der Waals surface area contributed by atoms with Crippen molar-refractivity contribution in [3.63, 3.8) is 0 Å². The lowest BCUT2D eigenvalue weighted by Crippen LogP contribution is -2.39. The third kappa shape index (κ3) is 6.48. The number of likely N-dealkylation sites (tertiary alicyclic amines) is 1. The van der Waals surface area contributed by atoms with Gasteiger partial charge in [0.15, 0.2) is 0 Å². The van der Waals surface area contributed by atoms with E-state index < -0.39 is 0 Å². The van der Waals surface area contributed by atoms with Crippen LogP contribution in [-0.2, 0) is 6.42 Å². The summed E-state index contributed by atoms with van der Waals surface area (Å²) in [6.45, 7) is 5.77. The number of nitrogens with zero attached hydrogens (tertiary/aromatic N) is 1. The number of carbonyl (C=O) groups is 1. The summed E-state index contributed by atoms with van der Waals surface area (Å²) in [6, 6.07) is 7.20. The van der Waals surface area contributed by atoms with Gasteiger partial charge in [0.1, 0.15) is 5.82 Å². The number of unbranched alkanes of at least 4 members (excludes halogenated alkanes) is 1. The standard InChI is InChI=1S/C19H30FN3O/c1-16-8-4-6-14-23(16)15-7-5-12-21-19(24)22-13-11-17-9-2-3-10-18(17)20/h2-3,9-10,16H,4-8,11-15H2,1H3,(H2,21,22,24). The fraction of sp³-hybridized carbons (Fsp3) is 0.632. The number of halogens is 1. The van der Waals surface area contributed by atoms with Gasteiger partial charge in [0.25, 0.3) is 0 Å². The summed E-state index contributed by atoms with van der Waals surface area (Å²) < 4.78 is 13.5. The summed E-state index contributed by atoms with van der Waals surface area (Å²) >= 11 is 0. The maximum absolute atomic E-state index is 13.5. The Hall–Kier alpha value is -1.62. The van der Waals surface area contributed by atoms with E-state index in [9.17, 15) is 9.18 Å².